The highest BCUT2D eigenvalue weighted by Gasteiger charge is 2.27. The van der Waals surface area contributed by atoms with Gasteiger partial charge in [0.2, 0.25) is 0 Å². The fourth-order valence-corrected chi connectivity index (χ4v) is 5.00. The molecule has 0 aliphatic carbocycles. The Labute approximate surface area is 202 Å². The van der Waals surface area contributed by atoms with Crippen LogP contribution in [0.3, 0.4) is 0 Å². The molecule has 0 fully saturated rings. The van der Waals surface area contributed by atoms with Gasteiger partial charge in [-0.2, -0.15) is 0 Å². The van der Waals surface area contributed by atoms with E-state index in [1.807, 2.05) is 14.0 Å². The SMILES string of the molecule is CO[C@@H]1CN(C)C(=O)c2ccc(NS(=O)(=O)c3ccc(C)cc3)cc2OC[C@@H](C)N(C)C[C@H]1C. The zero-order chi connectivity index (χ0) is 25.0. The summed E-state index contributed by atoms with van der Waals surface area (Å²) in [4.78, 5) is 17.2. The van der Waals surface area contributed by atoms with E-state index in [9.17, 15) is 13.2 Å². The van der Waals surface area contributed by atoms with Gasteiger partial charge < -0.3 is 14.4 Å². The number of aryl methyl sites for hydroxylation is 1. The molecule has 1 N–H and O–H groups in total. The first-order valence-electron chi connectivity index (χ1n) is 11.4. The van der Waals surface area contributed by atoms with Crippen molar-refractivity contribution in [1.29, 1.82) is 0 Å². The summed E-state index contributed by atoms with van der Waals surface area (Å²) < 4.78 is 40.1. The van der Waals surface area contributed by atoms with Crippen molar-refractivity contribution < 1.29 is 22.7 Å². The molecule has 1 aliphatic heterocycles. The fourth-order valence-electron chi connectivity index (χ4n) is 3.95. The maximum atomic E-state index is 13.3. The van der Waals surface area contributed by atoms with Gasteiger partial charge in [-0.05, 0) is 51.1 Å². The molecule has 3 rings (SSSR count). The van der Waals surface area contributed by atoms with E-state index in [0.29, 0.717) is 30.2 Å². The summed E-state index contributed by atoms with van der Waals surface area (Å²) >= 11 is 0. The van der Waals surface area contributed by atoms with E-state index in [4.69, 9.17) is 9.47 Å². The highest BCUT2D eigenvalue weighted by atomic mass is 32.2. The van der Waals surface area contributed by atoms with Gasteiger partial charge in [0, 0.05) is 39.4 Å². The summed E-state index contributed by atoms with van der Waals surface area (Å²) in [6.07, 6.45) is -0.118. The number of ether oxygens (including phenoxy) is 2. The van der Waals surface area contributed by atoms with Crippen molar-refractivity contribution in [2.45, 2.75) is 37.8 Å². The lowest BCUT2D eigenvalue weighted by atomic mass is 10.0. The van der Waals surface area contributed by atoms with Crippen LogP contribution in [-0.4, -0.2) is 77.2 Å². The van der Waals surface area contributed by atoms with Gasteiger partial charge in [0.05, 0.1) is 22.3 Å². The van der Waals surface area contributed by atoms with E-state index >= 15 is 0 Å². The lowest BCUT2D eigenvalue weighted by Gasteiger charge is -2.34. The molecule has 0 aromatic heterocycles. The van der Waals surface area contributed by atoms with Crippen molar-refractivity contribution in [3.8, 4) is 5.75 Å². The number of carbonyl (C=O) groups excluding carboxylic acids is 1. The van der Waals surface area contributed by atoms with Crippen LogP contribution in [0.1, 0.15) is 29.8 Å². The Morgan fingerprint density at radius 1 is 1.06 bits per heavy atom. The number of benzene rings is 2. The van der Waals surface area contributed by atoms with Gasteiger partial charge in [-0.15, -0.1) is 0 Å². The zero-order valence-corrected chi connectivity index (χ0v) is 21.6. The van der Waals surface area contributed by atoms with Crippen molar-refractivity contribution in [3.05, 3.63) is 53.6 Å². The third kappa shape index (κ3) is 6.08. The number of anilines is 1. The molecule has 1 aliphatic rings. The summed E-state index contributed by atoms with van der Waals surface area (Å²) in [6.45, 7) is 7.63. The molecule has 2 aromatic carbocycles. The maximum absolute atomic E-state index is 13.3. The maximum Gasteiger partial charge on any atom is 0.261 e. The number of carbonyl (C=O) groups is 1. The average Bonchev–Trinajstić information content (AvgIpc) is 2.79. The molecular weight excluding hydrogens is 454 g/mol. The summed E-state index contributed by atoms with van der Waals surface area (Å²) in [6, 6.07) is 11.4. The molecule has 0 bridgehead atoms. The van der Waals surface area contributed by atoms with Gasteiger partial charge in [-0.1, -0.05) is 24.6 Å². The third-order valence-electron chi connectivity index (χ3n) is 6.34. The topological polar surface area (TPSA) is 88.2 Å². The highest BCUT2D eigenvalue weighted by Crippen LogP contribution is 2.28. The van der Waals surface area contributed by atoms with Gasteiger partial charge in [-0.25, -0.2) is 8.42 Å². The molecule has 2 aromatic rings. The second-order valence-electron chi connectivity index (χ2n) is 9.17. The van der Waals surface area contributed by atoms with Crippen LogP contribution in [0.5, 0.6) is 5.75 Å². The molecule has 34 heavy (non-hydrogen) atoms. The smallest absolute Gasteiger partial charge is 0.261 e. The summed E-state index contributed by atoms with van der Waals surface area (Å²) in [5.41, 5.74) is 1.67. The minimum Gasteiger partial charge on any atom is -0.491 e. The van der Waals surface area contributed by atoms with Gasteiger partial charge in [-0.3, -0.25) is 14.4 Å². The number of amides is 1. The summed E-state index contributed by atoms with van der Waals surface area (Å²) in [7, 11) is 1.65. The van der Waals surface area contributed by atoms with E-state index in [-0.39, 0.29) is 28.9 Å². The third-order valence-corrected chi connectivity index (χ3v) is 7.74. The highest BCUT2D eigenvalue weighted by molar-refractivity contribution is 7.92. The Hall–Kier alpha value is -2.62. The minimum absolute atomic E-state index is 0.0768. The van der Waals surface area contributed by atoms with Crippen molar-refractivity contribution in [1.82, 2.24) is 9.80 Å². The van der Waals surface area contributed by atoms with Gasteiger partial charge in [0.25, 0.3) is 15.9 Å². The first kappa shape index (κ1) is 26.0. The Morgan fingerprint density at radius 2 is 1.74 bits per heavy atom. The van der Waals surface area contributed by atoms with Crippen LogP contribution in [0, 0.1) is 12.8 Å². The largest absolute Gasteiger partial charge is 0.491 e. The van der Waals surface area contributed by atoms with Crippen molar-refractivity contribution in [3.63, 3.8) is 0 Å². The number of hydrogen-bond donors (Lipinski definition) is 1. The second-order valence-corrected chi connectivity index (χ2v) is 10.8. The molecule has 0 spiro atoms. The van der Waals surface area contributed by atoms with Gasteiger partial charge in [0.15, 0.2) is 0 Å². The van der Waals surface area contributed by atoms with Crippen LogP contribution in [0.4, 0.5) is 5.69 Å². The normalized spacial score (nSPS) is 22.8. The molecule has 3 atom stereocenters. The molecule has 0 saturated heterocycles. The van der Waals surface area contributed by atoms with Crippen LogP contribution < -0.4 is 9.46 Å². The Bertz CT molecular complexity index is 1100. The lowest BCUT2D eigenvalue weighted by Crippen LogP contribution is -2.45. The first-order valence-corrected chi connectivity index (χ1v) is 12.8. The van der Waals surface area contributed by atoms with Crippen LogP contribution in [-0.2, 0) is 14.8 Å². The molecular formula is C25H35N3O5S. The summed E-state index contributed by atoms with van der Waals surface area (Å²) in [5.74, 6) is 0.340. The number of hydrogen-bond acceptors (Lipinski definition) is 6. The van der Waals surface area contributed by atoms with Gasteiger partial charge >= 0.3 is 0 Å². The first-order chi connectivity index (χ1) is 16.0. The van der Waals surface area contributed by atoms with Crippen LogP contribution in [0.25, 0.3) is 0 Å². The van der Waals surface area contributed by atoms with Crippen LogP contribution in [0.2, 0.25) is 0 Å². The Balaban J connectivity index is 1.94. The second kappa shape index (κ2) is 10.8. The number of sulfonamides is 1. The van der Waals surface area contributed by atoms with E-state index in [1.165, 1.54) is 0 Å². The summed E-state index contributed by atoms with van der Waals surface area (Å²) in [5, 5.41) is 0. The number of methoxy groups -OCH3 is 1. The number of nitrogens with one attached hydrogen (secondary N) is 1. The number of likely N-dealkylation sites (N-methyl/N-ethyl adjacent to an activating group) is 2. The zero-order valence-electron chi connectivity index (χ0n) is 20.7. The standard InChI is InChI=1S/C25H35N3O5S/c1-17-7-10-21(11-8-17)34(30,31)26-20-9-12-22-23(13-20)33-16-19(3)27(4)14-18(2)24(32-6)15-28(5)25(22)29/h7-13,18-19,24,26H,14-16H2,1-6H3/t18-,19-,24-/m1/s1. The lowest BCUT2D eigenvalue weighted by molar-refractivity contribution is 0.0150. The van der Waals surface area contributed by atoms with E-state index in [0.717, 1.165) is 12.1 Å². The monoisotopic (exact) mass is 489 g/mol. The predicted molar refractivity (Wildman–Crippen MR) is 133 cm³/mol. The molecule has 0 saturated carbocycles. The van der Waals surface area contributed by atoms with Crippen molar-refractivity contribution in [2.24, 2.45) is 5.92 Å². The molecule has 1 amide bonds. The molecule has 1 heterocycles. The number of fused-ring (bicyclic) bond motifs is 1. The van der Waals surface area contributed by atoms with E-state index in [1.54, 1.807) is 61.5 Å². The number of nitrogens with zero attached hydrogens (tertiary/aromatic N) is 2. The minimum atomic E-state index is -3.78. The Morgan fingerprint density at radius 3 is 2.38 bits per heavy atom. The number of rotatable bonds is 4. The average molecular weight is 490 g/mol. The molecule has 9 heteroatoms. The van der Waals surface area contributed by atoms with Gasteiger partial charge in [0.1, 0.15) is 12.4 Å². The molecule has 186 valence electrons. The quantitative estimate of drug-likeness (QED) is 0.710. The fraction of sp³-hybridized carbons (Fsp3) is 0.480. The molecule has 8 nitrogen and oxygen atoms in total. The predicted octanol–water partition coefficient (Wildman–Crippen LogP) is 3.23. The van der Waals surface area contributed by atoms with Crippen molar-refractivity contribution >= 4 is 21.6 Å². The van der Waals surface area contributed by atoms with Crippen LogP contribution >= 0.6 is 0 Å². The van der Waals surface area contributed by atoms with E-state index < -0.39 is 10.0 Å². The Kier molecular flexibility index (Phi) is 8.22. The van der Waals surface area contributed by atoms with Crippen LogP contribution in [0.15, 0.2) is 47.4 Å². The van der Waals surface area contributed by atoms with E-state index in [2.05, 4.69) is 23.5 Å². The molecule has 0 radical (unpaired) electrons. The molecule has 0 unspecified atom stereocenters. The van der Waals surface area contributed by atoms with Crippen molar-refractivity contribution in [2.75, 3.05) is 45.6 Å².